The Labute approximate surface area is 224 Å². The molecule has 4 aliphatic heterocycles. The van der Waals surface area contributed by atoms with E-state index in [1.54, 1.807) is 12.1 Å². The van der Waals surface area contributed by atoms with Crippen molar-refractivity contribution in [2.75, 3.05) is 53.5 Å². The van der Waals surface area contributed by atoms with Crippen molar-refractivity contribution in [2.45, 2.75) is 45.1 Å². The Balaban J connectivity index is 1.30. The molecule has 38 heavy (non-hydrogen) atoms. The molecule has 6 rings (SSSR count). The van der Waals surface area contributed by atoms with Crippen LogP contribution in [0.4, 0.5) is 0 Å². The highest BCUT2D eigenvalue weighted by Crippen LogP contribution is 2.39. The summed E-state index contributed by atoms with van der Waals surface area (Å²) in [6.07, 6.45) is 9.26. The van der Waals surface area contributed by atoms with Crippen LogP contribution in [0.5, 0.6) is 0 Å². The number of aryl methyl sites for hydroxylation is 1. The van der Waals surface area contributed by atoms with Gasteiger partial charge in [0.15, 0.2) is 17.3 Å². The van der Waals surface area contributed by atoms with E-state index in [9.17, 15) is 4.79 Å². The predicted molar refractivity (Wildman–Crippen MR) is 146 cm³/mol. The average molecular weight is 520 g/mol. The van der Waals surface area contributed by atoms with Crippen LogP contribution in [0.1, 0.15) is 43.6 Å². The molecule has 2 saturated heterocycles. The third kappa shape index (κ3) is 4.73. The van der Waals surface area contributed by atoms with Crippen molar-refractivity contribution in [1.29, 1.82) is 0 Å². The van der Waals surface area contributed by atoms with Gasteiger partial charge in [0.05, 0.1) is 42.7 Å². The maximum Gasteiger partial charge on any atom is 0.278 e. The lowest BCUT2D eigenvalue weighted by Gasteiger charge is -2.32. The minimum atomic E-state index is -0.281. The highest BCUT2D eigenvalue weighted by Gasteiger charge is 2.45. The van der Waals surface area contributed by atoms with Gasteiger partial charge in [0.25, 0.3) is 5.91 Å². The normalized spacial score (nSPS) is 24.7. The fourth-order valence-corrected chi connectivity index (χ4v) is 5.98. The molecule has 0 aromatic carbocycles. The number of piperidine rings is 1. The zero-order valence-corrected chi connectivity index (χ0v) is 22.6. The molecule has 0 saturated carbocycles. The van der Waals surface area contributed by atoms with Crippen molar-refractivity contribution in [1.82, 2.24) is 14.8 Å². The second-order valence-electron chi connectivity index (χ2n) is 10.8. The number of carbonyl (C=O) groups is 1. The first kappa shape index (κ1) is 25.1. The second-order valence-corrected chi connectivity index (χ2v) is 10.8. The number of hydrogen-bond acceptors (Lipinski definition) is 8. The van der Waals surface area contributed by atoms with E-state index >= 15 is 0 Å². The van der Waals surface area contributed by atoms with Crippen LogP contribution in [0.15, 0.2) is 55.9 Å². The van der Waals surface area contributed by atoms with Crippen LogP contribution in [0.2, 0.25) is 0 Å². The summed E-state index contributed by atoms with van der Waals surface area (Å²) in [5, 5.41) is 6.64. The van der Waals surface area contributed by atoms with Gasteiger partial charge < -0.3 is 23.7 Å². The average Bonchev–Trinajstić information content (AvgIpc) is 3.67. The number of nitrogens with zero attached hydrogens (tertiary/aromatic N) is 5. The summed E-state index contributed by atoms with van der Waals surface area (Å²) in [5.74, 6) is 2.30. The van der Waals surface area contributed by atoms with Gasteiger partial charge in [0.2, 0.25) is 0 Å². The smallest absolute Gasteiger partial charge is 0.278 e. The number of fused-ring (bicyclic) bond motifs is 3. The molecule has 0 radical (unpaired) electrons. The van der Waals surface area contributed by atoms with Crippen LogP contribution < -0.4 is 0 Å². The van der Waals surface area contributed by atoms with Crippen LogP contribution in [0.25, 0.3) is 5.70 Å². The number of rotatable bonds is 8. The number of furan rings is 1. The van der Waals surface area contributed by atoms with Crippen LogP contribution in [-0.4, -0.2) is 91.7 Å². The summed E-state index contributed by atoms with van der Waals surface area (Å²) in [5.41, 5.74) is 2.57. The minimum absolute atomic E-state index is 0.0758. The van der Waals surface area contributed by atoms with E-state index in [4.69, 9.17) is 24.0 Å². The van der Waals surface area contributed by atoms with Crippen molar-refractivity contribution >= 4 is 23.0 Å². The Kier molecular flexibility index (Phi) is 6.97. The van der Waals surface area contributed by atoms with Crippen molar-refractivity contribution < 1.29 is 18.7 Å². The summed E-state index contributed by atoms with van der Waals surface area (Å²) in [6, 6.07) is 3.85. The fraction of sp³-hybridized carbons (Fsp3) is 0.552. The van der Waals surface area contributed by atoms with E-state index in [-0.39, 0.29) is 17.9 Å². The number of methoxy groups -OCH3 is 1. The summed E-state index contributed by atoms with van der Waals surface area (Å²) in [7, 11) is 3.77. The van der Waals surface area contributed by atoms with Gasteiger partial charge in [0.1, 0.15) is 11.5 Å². The molecule has 202 valence electrons. The predicted octanol–water partition coefficient (Wildman–Crippen LogP) is 3.59. The quantitative estimate of drug-likeness (QED) is 0.488. The zero-order valence-electron chi connectivity index (χ0n) is 22.6. The molecular weight excluding hydrogens is 482 g/mol. The Morgan fingerprint density at radius 1 is 1.11 bits per heavy atom. The molecule has 1 aromatic heterocycles. The highest BCUT2D eigenvalue weighted by atomic mass is 16.5. The van der Waals surface area contributed by atoms with Gasteiger partial charge in [-0.15, -0.1) is 0 Å². The van der Waals surface area contributed by atoms with Gasteiger partial charge in [-0.05, 0) is 90.5 Å². The largest absolute Gasteiger partial charge is 0.493 e. The molecule has 0 spiro atoms. The summed E-state index contributed by atoms with van der Waals surface area (Å²) in [4.78, 5) is 23.6. The summed E-state index contributed by atoms with van der Waals surface area (Å²) < 4.78 is 17.9. The monoisotopic (exact) mass is 519 g/mol. The molecule has 9 heteroatoms. The third-order valence-corrected chi connectivity index (χ3v) is 8.13. The van der Waals surface area contributed by atoms with Crippen molar-refractivity contribution in [3.63, 3.8) is 0 Å². The topological polar surface area (TPSA) is 83.1 Å². The SMILES string of the molecule is COC1=CC2C(=NC(c3ccc(C)o3)=C3C(=O)N(C4CCN(C)CC4)N=C32)C=C1OCCCN1CCCC1. The summed E-state index contributed by atoms with van der Waals surface area (Å²) in [6.45, 7) is 7.81. The lowest BCUT2D eigenvalue weighted by atomic mass is 9.84. The number of hydrazone groups is 1. The Morgan fingerprint density at radius 3 is 2.61 bits per heavy atom. The van der Waals surface area contributed by atoms with E-state index < -0.39 is 0 Å². The number of ether oxygens (including phenoxy) is 2. The molecule has 1 atom stereocenters. The van der Waals surface area contributed by atoms with Gasteiger partial charge in [-0.3, -0.25) is 4.79 Å². The molecule has 5 heterocycles. The van der Waals surface area contributed by atoms with Crippen LogP contribution in [0, 0.1) is 12.8 Å². The van der Waals surface area contributed by atoms with Gasteiger partial charge in [-0.1, -0.05) is 0 Å². The Hall–Kier alpha value is -3.17. The molecule has 9 nitrogen and oxygen atoms in total. The maximum absolute atomic E-state index is 13.8. The van der Waals surface area contributed by atoms with Crippen LogP contribution >= 0.6 is 0 Å². The molecule has 1 aromatic rings. The van der Waals surface area contributed by atoms with E-state index in [0.717, 1.165) is 50.4 Å². The number of aliphatic imine (C=N–C) groups is 1. The first-order valence-corrected chi connectivity index (χ1v) is 13.9. The van der Waals surface area contributed by atoms with Crippen LogP contribution in [0.3, 0.4) is 0 Å². The number of likely N-dealkylation sites (tertiary alicyclic amines) is 2. The van der Waals surface area contributed by atoms with E-state index in [1.165, 1.54) is 25.9 Å². The Bertz CT molecular complexity index is 1240. The van der Waals surface area contributed by atoms with E-state index in [2.05, 4.69) is 16.8 Å². The number of hydrogen-bond donors (Lipinski definition) is 0. The molecule has 0 N–H and O–H groups in total. The number of amides is 1. The molecule has 2 fully saturated rings. The van der Waals surface area contributed by atoms with Crippen molar-refractivity contribution in [3.05, 3.63) is 52.9 Å². The molecular formula is C29H37N5O4. The first-order chi connectivity index (χ1) is 18.5. The Morgan fingerprint density at radius 2 is 1.89 bits per heavy atom. The van der Waals surface area contributed by atoms with Gasteiger partial charge in [-0.2, -0.15) is 5.10 Å². The van der Waals surface area contributed by atoms with Gasteiger partial charge >= 0.3 is 0 Å². The third-order valence-electron chi connectivity index (χ3n) is 8.13. The molecule has 1 aliphatic carbocycles. The van der Waals surface area contributed by atoms with Crippen molar-refractivity contribution in [2.24, 2.45) is 16.0 Å². The van der Waals surface area contributed by atoms with Gasteiger partial charge in [0, 0.05) is 12.6 Å². The second kappa shape index (κ2) is 10.5. The van der Waals surface area contributed by atoms with E-state index in [0.29, 0.717) is 40.9 Å². The number of carbonyl (C=O) groups excluding carboxylic acids is 1. The lowest BCUT2D eigenvalue weighted by molar-refractivity contribution is -0.128. The fourth-order valence-electron chi connectivity index (χ4n) is 5.98. The van der Waals surface area contributed by atoms with Gasteiger partial charge in [-0.25, -0.2) is 10.0 Å². The lowest BCUT2D eigenvalue weighted by Crippen LogP contribution is -2.42. The highest BCUT2D eigenvalue weighted by molar-refractivity contribution is 6.37. The molecule has 0 bridgehead atoms. The van der Waals surface area contributed by atoms with Crippen molar-refractivity contribution in [3.8, 4) is 0 Å². The standard InChI is InChI=1S/C29H37N5O4/c1-19-7-8-23(38-19)28-26-27(31-34(29(26)35)20-9-14-32(2)15-10-20)21-17-24(36-3)25(18-22(21)30-28)37-16-6-13-33-11-4-5-12-33/h7-8,17-18,20-21H,4-6,9-16H2,1-3H3. The van der Waals surface area contributed by atoms with E-state index in [1.807, 2.05) is 31.2 Å². The zero-order chi connectivity index (χ0) is 26.2. The molecule has 1 amide bonds. The summed E-state index contributed by atoms with van der Waals surface area (Å²) >= 11 is 0. The number of allylic oxidation sites excluding steroid dienone is 2. The van der Waals surface area contributed by atoms with Crippen LogP contribution in [-0.2, 0) is 14.3 Å². The molecule has 5 aliphatic rings. The minimum Gasteiger partial charge on any atom is -0.493 e. The maximum atomic E-state index is 13.8. The first-order valence-electron chi connectivity index (χ1n) is 13.9. The molecule has 1 unspecified atom stereocenters.